The Balaban J connectivity index is 1.43. The number of benzene rings is 2. The summed E-state index contributed by atoms with van der Waals surface area (Å²) >= 11 is 18.0. The van der Waals surface area contributed by atoms with Crippen LogP contribution < -0.4 is 5.32 Å². The number of rotatable bonds is 11. The Morgan fingerprint density at radius 1 is 1.08 bits per heavy atom. The molecule has 0 aliphatic heterocycles. The second kappa shape index (κ2) is 13.7. The average molecular weight is 609 g/mol. The molecular formula is C26H33Cl3FN3O4S. The van der Waals surface area contributed by atoms with E-state index in [4.69, 9.17) is 39.5 Å². The van der Waals surface area contributed by atoms with Crippen molar-refractivity contribution in [1.29, 1.82) is 0 Å². The molecule has 1 amide bonds. The van der Waals surface area contributed by atoms with E-state index in [0.29, 0.717) is 5.92 Å². The Morgan fingerprint density at radius 2 is 1.71 bits per heavy atom. The first kappa shape index (κ1) is 31.1. The van der Waals surface area contributed by atoms with E-state index in [9.17, 15) is 17.6 Å². The minimum Gasteiger partial charge on any atom is -0.370 e. The van der Waals surface area contributed by atoms with Gasteiger partial charge in [-0.05, 0) is 75.5 Å². The van der Waals surface area contributed by atoms with Gasteiger partial charge in [-0.3, -0.25) is 4.79 Å². The Kier molecular flexibility index (Phi) is 11.2. The third kappa shape index (κ3) is 8.03. The summed E-state index contributed by atoms with van der Waals surface area (Å²) in [6.07, 6.45) is 3.45. The van der Waals surface area contributed by atoms with Gasteiger partial charge in [0.1, 0.15) is 17.3 Å². The lowest BCUT2D eigenvalue weighted by atomic mass is 9.78. The smallest absolute Gasteiger partial charge is 0.246 e. The van der Waals surface area contributed by atoms with Crippen LogP contribution in [-0.4, -0.2) is 70.5 Å². The number of nitrogens with zero attached hydrogens (tertiary/aromatic N) is 2. The maximum absolute atomic E-state index is 13.8. The van der Waals surface area contributed by atoms with Crippen molar-refractivity contribution in [1.82, 2.24) is 14.5 Å². The van der Waals surface area contributed by atoms with Crippen LogP contribution in [0.1, 0.15) is 37.3 Å². The highest BCUT2D eigenvalue weighted by molar-refractivity contribution is 7.89. The van der Waals surface area contributed by atoms with Gasteiger partial charge >= 0.3 is 0 Å². The van der Waals surface area contributed by atoms with Crippen molar-refractivity contribution in [2.75, 3.05) is 40.9 Å². The van der Waals surface area contributed by atoms with Gasteiger partial charge in [0.25, 0.3) is 0 Å². The number of sulfonamides is 1. The van der Waals surface area contributed by atoms with Gasteiger partial charge in [-0.25, -0.2) is 12.8 Å². The monoisotopic (exact) mass is 607 g/mol. The van der Waals surface area contributed by atoms with Crippen LogP contribution in [0.4, 0.5) is 4.39 Å². The van der Waals surface area contributed by atoms with Gasteiger partial charge in [0.05, 0.1) is 16.7 Å². The van der Waals surface area contributed by atoms with Crippen molar-refractivity contribution in [2.24, 2.45) is 5.92 Å². The lowest BCUT2D eigenvalue weighted by Crippen LogP contribution is -2.41. The van der Waals surface area contributed by atoms with E-state index in [-0.39, 0.29) is 63.5 Å². The summed E-state index contributed by atoms with van der Waals surface area (Å²) in [5.41, 5.74) is 0.962. The van der Waals surface area contributed by atoms with Gasteiger partial charge < -0.3 is 15.0 Å². The molecule has 3 rings (SSSR count). The average Bonchev–Trinajstić information content (AvgIpc) is 2.82. The van der Waals surface area contributed by atoms with Crippen molar-refractivity contribution in [3.63, 3.8) is 0 Å². The molecule has 0 radical (unpaired) electrons. The summed E-state index contributed by atoms with van der Waals surface area (Å²) in [5, 5.41) is 3.09. The van der Waals surface area contributed by atoms with Gasteiger partial charge in [-0.1, -0.05) is 46.9 Å². The fourth-order valence-corrected chi connectivity index (χ4v) is 7.58. The van der Waals surface area contributed by atoms with E-state index in [2.05, 4.69) is 10.2 Å². The number of hydrogen-bond acceptors (Lipinski definition) is 5. The van der Waals surface area contributed by atoms with Crippen LogP contribution in [0.25, 0.3) is 0 Å². The molecule has 1 N–H and O–H groups in total. The highest BCUT2D eigenvalue weighted by atomic mass is 35.5. The van der Waals surface area contributed by atoms with Gasteiger partial charge in [0.15, 0.2) is 0 Å². The van der Waals surface area contributed by atoms with Crippen molar-refractivity contribution >= 4 is 50.7 Å². The molecule has 1 saturated carbocycles. The van der Waals surface area contributed by atoms with Crippen LogP contribution in [0.3, 0.4) is 0 Å². The number of likely N-dealkylation sites (N-methyl/N-ethyl adjacent to an activating group) is 1. The number of nitrogens with one attached hydrogen (secondary N) is 1. The van der Waals surface area contributed by atoms with Crippen molar-refractivity contribution in [2.45, 2.75) is 42.7 Å². The van der Waals surface area contributed by atoms with Crippen molar-refractivity contribution in [3.05, 3.63) is 62.8 Å². The molecule has 0 spiro atoms. The molecule has 0 aromatic heterocycles. The van der Waals surface area contributed by atoms with Crippen LogP contribution >= 0.6 is 34.8 Å². The molecule has 1 aliphatic carbocycles. The van der Waals surface area contributed by atoms with Crippen LogP contribution in [0.15, 0.2) is 41.3 Å². The molecule has 1 unspecified atom stereocenters. The molecule has 0 saturated heterocycles. The fourth-order valence-electron chi connectivity index (χ4n) is 4.94. The molecule has 2 aromatic carbocycles. The Bertz CT molecular complexity index is 1200. The highest BCUT2D eigenvalue weighted by Crippen LogP contribution is 2.38. The number of carbonyl (C=O) groups is 1. The lowest BCUT2D eigenvalue weighted by Gasteiger charge is -2.37. The predicted molar refractivity (Wildman–Crippen MR) is 149 cm³/mol. The molecule has 0 heterocycles. The van der Waals surface area contributed by atoms with Crippen molar-refractivity contribution in [3.8, 4) is 0 Å². The van der Waals surface area contributed by atoms with Crippen LogP contribution in [-0.2, 0) is 19.6 Å². The molecule has 7 nitrogen and oxygen atoms in total. The first-order chi connectivity index (χ1) is 17.9. The summed E-state index contributed by atoms with van der Waals surface area (Å²) in [6, 6.07) is 9.51. The molecule has 12 heteroatoms. The first-order valence-corrected chi connectivity index (χ1v) is 14.9. The largest absolute Gasteiger partial charge is 0.370 e. The van der Waals surface area contributed by atoms with Crippen LogP contribution in [0.5, 0.6) is 0 Å². The minimum absolute atomic E-state index is 0.00199. The summed E-state index contributed by atoms with van der Waals surface area (Å²) in [6.45, 7) is -0.168. The zero-order chi connectivity index (χ0) is 28.0. The van der Waals surface area contributed by atoms with Crippen LogP contribution in [0, 0.1) is 11.7 Å². The number of ether oxygens (including phenoxy) is 1. The number of carbonyl (C=O) groups excluding carboxylic acids is 1. The fraction of sp³-hybridized carbons (Fsp3) is 0.500. The zero-order valence-electron chi connectivity index (χ0n) is 21.6. The Labute approximate surface area is 239 Å². The second-order valence-corrected chi connectivity index (χ2v) is 13.0. The zero-order valence-corrected chi connectivity index (χ0v) is 24.7. The Hall–Kier alpha value is -1.46. The molecular weight excluding hydrogens is 576 g/mol. The minimum atomic E-state index is -3.98. The summed E-state index contributed by atoms with van der Waals surface area (Å²) in [5.74, 6) is -0.134. The van der Waals surface area contributed by atoms with Gasteiger partial charge in [-0.15, -0.1) is 0 Å². The van der Waals surface area contributed by atoms with E-state index >= 15 is 0 Å². The summed E-state index contributed by atoms with van der Waals surface area (Å²) < 4.78 is 46.0. The number of hydrogen-bond donors (Lipinski definition) is 1. The van der Waals surface area contributed by atoms with Gasteiger partial charge in [0.2, 0.25) is 15.9 Å². The van der Waals surface area contributed by atoms with Gasteiger partial charge in [-0.2, -0.15) is 4.31 Å². The standard InChI is InChI=1S/C26H33Cl3FN3O4S/c1-32(2)25(18-5-4-6-20(30)13-18)17-7-9-21(10-8-17)31-24(34)16-37-12-11-33(3)38(35,36)26-22(28)14-19(27)15-23(26)29/h4-6,13-15,17,21,25H,7-12,16H2,1-3H3,(H,31,34). The molecule has 1 fully saturated rings. The molecule has 210 valence electrons. The summed E-state index contributed by atoms with van der Waals surface area (Å²) in [7, 11) is 1.41. The number of halogens is 4. The summed E-state index contributed by atoms with van der Waals surface area (Å²) in [4.78, 5) is 14.3. The van der Waals surface area contributed by atoms with E-state index in [1.165, 1.54) is 25.2 Å². The molecule has 38 heavy (non-hydrogen) atoms. The van der Waals surface area contributed by atoms with E-state index in [1.807, 2.05) is 20.2 Å². The maximum Gasteiger partial charge on any atom is 0.246 e. The quantitative estimate of drug-likeness (QED) is 0.346. The third-order valence-electron chi connectivity index (χ3n) is 6.75. The maximum atomic E-state index is 13.8. The van der Waals surface area contributed by atoms with Crippen molar-refractivity contribution < 1.29 is 22.3 Å². The predicted octanol–water partition coefficient (Wildman–Crippen LogP) is 5.40. The SMILES string of the molecule is CN(C)C(c1cccc(F)c1)C1CCC(NC(=O)COCCN(C)S(=O)(=O)c2c(Cl)cc(Cl)cc2Cl)CC1. The normalized spacial score (nSPS) is 19.1. The Morgan fingerprint density at radius 3 is 2.29 bits per heavy atom. The van der Waals surface area contributed by atoms with E-state index < -0.39 is 10.0 Å². The van der Waals surface area contributed by atoms with E-state index in [0.717, 1.165) is 35.6 Å². The number of amides is 1. The molecule has 1 aliphatic rings. The lowest BCUT2D eigenvalue weighted by molar-refractivity contribution is -0.126. The van der Waals surface area contributed by atoms with Gasteiger partial charge in [0, 0.05) is 30.7 Å². The second-order valence-electron chi connectivity index (χ2n) is 9.72. The highest BCUT2D eigenvalue weighted by Gasteiger charge is 2.31. The molecule has 2 aromatic rings. The molecule has 1 atom stereocenters. The topological polar surface area (TPSA) is 79.0 Å². The first-order valence-electron chi connectivity index (χ1n) is 12.3. The third-order valence-corrected chi connectivity index (χ3v) is 9.74. The van der Waals surface area contributed by atoms with Crippen LogP contribution in [0.2, 0.25) is 15.1 Å². The van der Waals surface area contributed by atoms with E-state index in [1.54, 1.807) is 12.1 Å². The molecule has 0 bridgehead atoms.